The molecule has 2 aromatic rings. The number of carbonyl (C=O) groups is 1. The minimum Gasteiger partial charge on any atom is -0.504 e. The summed E-state index contributed by atoms with van der Waals surface area (Å²) >= 11 is 6.38. The van der Waals surface area contributed by atoms with Gasteiger partial charge >= 0.3 is 0 Å². The number of aromatic hydroxyl groups is 1. The first kappa shape index (κ1) is 18.9. The van der Waals surface area contributed by atoms with Crippen LogP contribution in [0.3, 0.4) is 0 Å². The lowest BCUT2D eigenvalue weighted by molar-refractivity contribution is -0.384. The predicted molar refractivity (Wildman–Crippen MR) is 108 cm³/mol. The number of nitro groups is 1. The zero-order valence-corrected chi connectivity index (χ0v) is 15.8. The summed E-state index contributed by atoms with van der Waals surface area (Å²) in [6, 6.07) is 10.6. The van der Waals surface area contributed by atoms with Gasteiger partial charge in [0.25, 0.3) is 11.6 Å². The van der Waals surface area contributed by atoms with Crippen molar-refractivity contribution in [3.05, 3.63) is 63.0 Å². The van der Waals surface area contributed by atoms with Gasteiger partial charge in [0.1, 0.15) is 0 Å². The average molecular weight is 402 g/mol. The van der Waals surface area contributed by atoms with E-state index in [1.807, 2.05) is 0 Å². The highest BCUT2D eigenvalue weighted by Crippen LogP contribution is 2.39. The van der Waals surface area contributed by atoms with Gasteiger partial charge in [-0.3, -0.25) is 19.8 Å². The van der Waals surface area contributed by atoms with Gasteiger partial charge in [-0.15, -0.1) is 0 Å². The Hall–Kier alpha value is -2.91. The number of phenolic OH excluding ortho intramolecular Hbond substituents is 1. The zero-order chi connectivity index (χ0) is 19.6. The molecule has 1 aliphatic rings. The number of hydrogen-bond acceptors (Lipinski definition) is 7. The summed E-state index contributed by atoms with van der Waals surface area (Å²) in [5, 5.41) is 21.1. The SMILES string of the molecule is CCOc1cccc(/C=C2/SC(=S)N(c3ccc([N+](=O)[O-])cc3)C2=O)c1O. The molecule has 1 aliphatic heterocycles. The number of thiocarbonyl (C=S) groups is 1. The maximum absolute atomic E-state index is 12.8. The number of ether oxygens (including phenoxy) is 1. The van der Waals surface area contributed by atoms with Crippen molar-refractivity contribution in [3.63, 3.8) is 0 Å². The van der Waals surface area contributed by atoms with E-state index < -0.39 is 4.92 Å². The molecule has 1 fully saturated rings. The van der Waals surface area contributed by atoms with E-state index in [9.17, 15) is 20.0 Å². The van der Waals surface area contributed by atoms with Gasteiger partial charge in [0.2, 0.25) is 0 Å². The van der Waals surface area contributed by atoms with Crippen molar-refractivity contribution in [2.75, 3.05) is 11.5 Å². The molecule has 0 radical (unpaired) electrons. The largest absolute Gasteiger partial charge is 0.504 e. The Labute approximate surface area is 164 Å². The number of amides is 1. The number of nitro benzene ring substituents is 1. The summed E-state index contributed by atoms with van der Waals surface area (Å²) < 4.78 is 5.65. The fourth-order valence-electron chi connectivity index (χ4n) is 2.48. The van der Waals surface area contributed by atoms with E-state index in [-0.39, 0.29) is 17.3 Å². The van der Waals surface area contributed by atoms with Crippen LogP contribution in [0.2, 0.25) is 0 Å². The monoisotopic (exact) mass is 402 g/mol. The summed E-state index contributed by atoms with van der Waals surface area (Å²) in [6.07, 6.45) is 1.54. The van der Waals surface area contributed by atoms with Crippen LogP contribution in [0, 0.1) is 10.1 Å². The third-order valence-electron chi connectivity index (χ3n) is 3.73. The molecule has 138 valence electrons. The van der Waals surface area contributed by atoms with Gasteiger partial charge in [0.15, 0.2) is 15.8 Å². The minimum atomic E-state index is -0.512. The van der Waals surface area contributed by atoms with Gasteiger partial charge in [0.05, 0.1) is 22.1 Å². The number of benzene rings is 2. The molecule has 27 heavy (non-hydrogen) atoms. The van der Waals surface area contributed by atoms with E-state index >= 15 is 0 Å². The van der Waals surface area contributed by atoms with Gasteiger partial charge in [0, 0.05) is 17.7 Å². The lowest BCUT2D eigenvalue weighted by Crippen LogP contribution is -2.27. The number of thioether (sulfide) groups is 1. The quantitative estimate of drug-likeness (QED) is 0.348. The Morgan fingerprint density at radius 2 is 2.00 bits per heavy atom. The van der Waals surface area contributed by atoms with Crippen LogP contribution in [0.1, 0.15) is 12.5 Å². The van der Waals surface area contributed by atoms with Crippen molar-refractivity contribution in [1.29, 1.82) is 0 Å². The second-order valence-electron chi connectivity index (χ2n) is 5.42. The summed E-state index contributed by atoms with van der Waals surface area (Å²) in [6.45, 7) is 2.21. The standard InChI is InChI=1S/C18H14N2O5S2/c1-2-25-14-5-3-4-11(16(14)21)10-15-17(22)19(18(26)27-15)12-6-8-13(9-7-12)20(23)24/h3-10,21H,2H2,1H3/b15-10+. The van der Waals surface area contributed by atoms with Gasteiger partial charge in [-0.05, 0) is 31.2 Å². The molecule has 3 rings (SSSR count). The number of phenols is 1. The Morgan fingerprint density at radius 1 is 1.30 bits per heavy atom. The van der Waals surface area contributed by atoms with Crippen LogP contribution < -0.4 is 9.64 Å². The van der Waals surface area contributed by atoms with Crippen LogP contribution in [-0.2, 0) is 4.79 Å². The predicted octanol–water partition coefficient (Wildman–Crippen LogP) is 4.10. The highest BCUT2D eigenvalue weighted by molar-refractivity contribution is 8.27. The third kappa shape index (κ3) is 3.79. The van der Waals surface area contributed by atoms with Crippen molar-refractivity contribution >= 4 is 51.7 Å². The normalized spacial score (nSPS) is 15.4. The van der Waals surface area contributed by atoms with Crippen LogP contribution in [0.4, 0.5) is 11.4 Å². The topological polar surface area (TPSA) is 92.9 Å². The molecule has 0 spiro atoms. The molecule has 0 atom stereocenters. The van der Waals surface area contributed by atoms with E-state index in [2.05, 4.69) is 0 Å². The zero-order valence-electron chi connectivity index (χ0n) is 14.1. The van der Waals surface area contributed by atoms with Crippen molar-refractivity contribution in [2.45, 2.75) is 6.92 Å². The van der Waals surface area contributed by atoms with Crippen molar-refractivity contribution in [1.82, 2.24) is 0 Å². The second kappa shape index (κ2) is 7.77. The van der Waals surface area contributed by atoms with Gasteiger partial charge in [-0.25, -0.2) is 0 Å². The molecule has 7 nitrogen and oxygen atoms in total. The van der Waals surface area contributed by atoms with E-state index in [1.54, 1.807) is 31.2 Å². The first-order chi connectivity index (χ1) is 12.9. The summed E-state index contributed by atoms with van der Waals surface area (Å²) in [4.78, 5) is 24.7. The molecule has 0 unspecified atom stereocenters. The van der Waals surface area contributed by atoms with Crippen LogP contribution in [0.5, 0.6) is 11.5 Å². The van der Waals surface area contributed by atoms with Crippen molar-refractivity contribution in [2.24, 2.45) is 0 Å². The number of non-ortho nitro benzene ring substituents is 1. The van der Waals surface area contributed by atoms with Gasteiger partial charge in [-0.2, -0.15) is 0 Å². The molecule has 0 bridgehead atoms. The Morgan fingerprint density at radius 3 is 2.63 bits per heavy atom. The Balaban J connectivity index is 1.91. The molecule has 1 heterocycles. The average Bonchev–Trinajstić information content (AvgIpc) is 2.92. The third-order valence-corrected chi connectivity index (χ3v) is 5.03. The minimum absolute atomic E-state index is 0.0556. The maximum Gasteiger partial charge on any atom is 0.270 e. The first-order valence-corrected chi connectivity index (χ1v) is 9.12. The number of anilines is 1. The number of hydrogen-bond donors (Lipinski definition) is 1. The Bertz CT molecular complexity index is 957. The molecular weight excluding hydrogens is 388 g/mol. The lowest BCUT2D eigenvalue weighted by Gasteiger charge is -2.14. The molecule has 1 amide bonds. The van der Waals surface area contributed by atoms with Crippen LogP contribution in [0.15, 0.2) is 47.4 Å². The second-order valence-corrected chi connectivity index (χ2v) is 7.09. The highest BCUT2D eigenvalue weighted by Gasteiger charge is 2.33. The molecule has 2 aromatic carbocycles. The maximum atomic E-state index is 12.8. The number of nitrogens with zero attached hydrogens (tertiary/aromatic N) is 2. The van der Waals surface area contributed by atoms with Crippen molar-refractivity contribution < 1.29 is 19.6 Å². The molecule has 0 saturated carbocycles. The fraction of sp³-hybridized carbons (Fsp3) is 0.111. The van der Waals surface area contributed by atoms with Crippen molar-refractivity contribution in [3.8, 4) is 11.5 Å². The Kier molecular flexibility index (Phi) is 5.43. The van der Waals surface area contributed by atoms with Gasteiger partial charge in [-0.1, -0.05) is 36.1 Å². The van der Waals surface area contributed by atoms with E-state index in [1.165, 1.54) is 29.2 Å². The lowest BCUT2D eigenvalue weighted by atomic mass is 10.1. The number of rotatable bonds is 5. The van der Waals surface area contributed by atoms with E-state index in [0.29, 0.717) is 32.8 Å². The van der Waals surface area contributed by atoms with E-state index in [0.717, 1.165) is 11.8 Å². The molecule has 1 saturated heterocycles. The molecule has 1 N–H and O–H groups in total. The summed E-state index contributed by atoms with van der Waals surface area (Å²) in [5.74, 6) is -0.0860. The van der Waals surface area contributed by atoms with Crippen LogP contribution in [0.25, 0.3) is 6.08 Å². The smallest absolute Gasteiger partial charge is 0.270 e. The van der Waals surface area contributed by atoms with E-state index in [4.69, 9.17) is 17.0 Å². The molecule has 0 aromatic heterocycles. The first-order valence-electron chi connectivity index (χ1n) is 7.89. The summed E-state index contributed by atoms with van der Waals surface area (Å²) in [7, 11) is 0. The van der Waals surface area contributed by atoms with Crippen LogP contribution in [-0.4, -0.2) is 26.9 Å². The number of carbonyl (C=O) groups excluding carboxylic acids is 1. The molecule has 9 heteroatoms. The summed E-state index contributed by atoms with van der Waals surface area (Å²) in [5.41, 5.74) is 0.807. The molecular formula is C18H14N2O5S2. The van der Waals surface area contributed by atoms with Gasteiger partial charge < -0.3 is 9.84 Å². The van der Waals surface area contributed by atoms with Crippen LogP contribution >= 0.6 is 24.0 Å². The highest BCUT2D eigenvalue weighted by atomic mass is 32.2. The molecule has 0 aliphatic carbocycles. The number of para-hydroxylation sites is 1. The fourth-order valence-corrected chi connectivity index (χ4v) is 3.77.